The minimum Gasteiger partial charge on any atom is -0.493 e. The molecule has 0 saturated carbocycles. The van der Waals surface area contributed by atoms with Crippen LogP contribution in [0.1, 0.15) is 49.4 Å². The summed E-state index contributed by atoms with van der Waals surface area (Å²) in [5, 5.41) is 0. The number of likely N-dealkylation sites (tertiary alicyclic amines) is 1. The maximum Gasteiger partial charge on any atom is 0.311 e. The van der Waals surface area contributed by atoms with E-state index in [1.165, 1.54) is 23.1 Å². The Kier molecular flexibility index (Phi) is 8.06. The number of ether oxygens (including phenoxy) is 3. The Labute approximate surface area is 221 Å². The molecule has 0 unspecified atom stereocenters. The quantitative estimate of drug-likeness (QED) is 0.448. The number of piperidine rings is 1. The summed E-state index contributed by atoms with van der Waals surface area (Å²) in [5.74, 6) is 3.11. The van der Waals surface area contributed by atoms with E-state index in [4.69, 9.17) is 14.2 Å². The van der Waals surface area contributed by atoms with Gasteiger partial charge in [-0.2, -0.15) is 0 Å². The second kappa shape index (κ2) is 11.4. The molecule has 3 atom stereocenters. The van der Waals surface area contributed by atoms with Gasteiger partial charge in [0.1, 0.15) is 0 Å². The Balaban J connectivity index is 1.22. The first-order valence-corrected chi connectivity index (χ1v) is 13.9. The van der Waals surface area contributed by atoms with Gasteiger partial charge < -0.3 is 14.2 Å². The lowest BCUT2D eigenvalue weighted by molar-refractivity contribution is -0.158. The molecule has 3 heterocycles. The molecule has 2 saturated heterocycles. The van der Waals surface area contributed by atoms with Crippen LogP contribution in [0.4, 0.5) is 0 Å². The van der Waals surface area contributed by atoms with Crippen LogP contribution >= 0.6 is 0 Å². The lowest BCUT2D eigenvalue weighted by Crippen LogP contribution is -2.51. The monoisotopic (exact) mass is 506 g/mol. The van der Waals surface area contributed by atoms with E-state index in [1.54, 1.807) is 14.2 Å². The van der Waals surface area contributed by atoms with Crippen LogP contribution in [-0.2, 0) is 22.5 Å². The van der Waals surface area contributed by atoms with Crippen molar-refractivity contribution in [3.05, 3.63) is 59.2 Å². The number of carbonyl (C=O) groups excluding carboxylic acids is 1. The first kappa shape index (κ1) is 26.1. The molecule has 5 rings (SSSR count). The molecule has 37 heavy (non-hydrogen) atoms. The molecule has 0 aliphatic carbocycles. The van der Waals surface area contributed by atoms with Gasteiger partial charge in [-0.15, -0.1) is 0 Å². The fraction of sp³-hybridized carbons (Fsp3) is 0.581. The smallest absolute Gasteiger partial charge is 0.311 e. The van der Waals surface area contributed by atoms with E-state index < -0.39 is 0 Å². The van der Waals surface area contributed by atoms with Crippen molar-refractivity contribution in [2.75, 3.05) is 47.0 Å². The summed E-state index contributed by atoms with van der Waals surface area (Å²) in [6, 6.07) is 15.1. The van der Waals surface area contributed by atoms with E-state index in [0.29, 0.717) is 30.4 Å². The molecular formula is C31H42N2O4. The Morgan fingerprint density at radius 1 is 1.00 bits per heavy atom. The Morgan fingerprint density at radius 2 is 1.73 bits per heavy atom. The fourth-order valence-corrected chi connectivity index (χ4v) is 6.58. The molecule has 0 amide bonds. The number of carbonyl (C=O) groups is 1. The molecule has 0 N–H and O–H groups in total. The summed E-state index contributed by atoms with van der Waals surface area (Å²) in [5.41, 5.74) is 3.99. The van der Waals surface area contributed by atoms with Gasteiger partial charge in [-0.3, -0.25) is 14.6 Å². The number of methoxy groups -OCH3 is 2. The van der Waals surface area contributed by atoms with Crippen molar-refractivity contribution in [1.82, 2.24) is 9.80 Å². The number of hydrogen-bond acceptors (Lipinski definition) is 6. The van der Waals surface area contributed by atoms with Crippen LogP contribution in [-0.4, -0.2) is 62.8 Å². The van der Waals surface area contributed by atoms with Crippen LogP contribution in [0.3, 0.4) is 0 Å². The second-order valence-electron chi connectivity index (χ2n) is 11.6. The third-order valence-electron chi connectivity index (χ3n) is 8.53. The molecule has 2 aromatic rings. The fourth-order valence-electron chi connectivity index (χ4n) is 6.58. The van der Waals surface area contributed by atoms with Crippen LogP contribution in [0.5, 0.6) is 11.5 Å². The highest BCUT2D eigenvalue weighted by Crippen LogP contribution is 2.45. The summed E-state index contributed by atoms with van der Waals surface area (Å²) in [7, 11) is 3.40. The molecule has 3 aliphatic heterocycles. The zero-order valence-electron chi connectivity index (χ0n) is 22.8. The first-order chi connectivity index (χ1) is 17.9. The van der Waals surface area contributed by atoms with Gasteiger partial charge in [0, 0.05) is 38.8 Å². The van der Waals surface area contributed by atoms with E-state index in [2.05, 4.69) is 60.0 Å². The first-order valence-electron chi connectivity index (χ1n) is 13.9. The van der Waals surface area contributed by atoms with E-state index in [1.807, 2.05) is 6.07 Å². The van der Waals surface area contributed by atoms with Gasteiger partial charge >= 0.3 is 5.97 Å². The molecule has 0 aromatic heterocycles. The maximum absolute atomic E-state index is 12.9. The van der Waals surface area contributed by atoms with E-state index in [9.17, 15) is 4.79 Å². The van der Waals surface area contributed by atoms with Crippen molar-refractivity contribution in [2.24, 2.45) is 23.7 Å². The third-order valence-corrected chi connectivity index (χ3v) is 8.53. The third kappa shape index (κ3) is 5.80. The number of hydrogen-bond donors (Lipinski definition) is 0. The Hall–Kier alpha value is -2.57. The topological polar surface area (TPSA) is 51.2 Å². The standard InChI is InChI=1S/C31H42N2O4/c1-21(2)12-24-19-33-11-10-23-14-29(35-3)30(36-4)15-27(23)28(33)13-25(24)20-37-31(34)26-17-32(18-26)16-22-8-6-5-7-9-22/h5-9,14-15,21,24-26,28H,10-13,16-20H2,1-4H3/t24-,25+,28-/m1/s1. The van der Waals surface area contributed by atoms with Gasteiger partial charge in [-0.05, 0) is 65.8 Å². The number of benzene rings is 2. The van der Waals surface area contributed by atoms with Crippen LogP contribution in [0.15, 0.2) is 42.5 Å². The summed E-state index contributed by atoms with van der Waals surface area (Å²) in [4.78, 5) is 17.9. The number of fused-ring (bicyclic) bond motifs is 3. The van der Waals surface area contributed by atoms with Crippen LogP contribution in [0.2, 0.25) is 0 Å². The number of esters is 1. The SMILES string of the molecule is COc1cc2c(cc1OC)[C@H]1C[C@@H](COC(=O)C3CN(Cc4ccccc4)C3)[C@H](CC(C)C)CN1CC2. The summed E-state index contributed by atoms with van der Waals surface area (Å²) >= 11 is 0. The van der Waals surface area contributed by atoms with Crippen LogP contribution in [0.25, 0.3) is 0 Å². The van der Waals surface area contributed by atoms with Gasteiger partial charge in [0.15, 0.2) is 11.5 Å². The normalized spacial score (nSPS) is 24.2. The molecule has 200 valence electrons. The summed E-state index contributed by atoms with van der Waals surface area (Å²) in [6.07, 6.45) is 3.21. The predicted octanol–water partition coefficient (Wildman–Crippen LogP) is 4.96. The van der Waals surface area contributed by atoms with Gasteiger partial charge in [-0.25, -0.2) is 0 Å². The average Bonchev–Trinajstić information content (AvgIpc) is 2.88. The average molecular weight is 507 g/mol. The highest BCUT2D eigenvalue weighted by atomic mass is 16.5. The zero-order valence-corrected chi connectivity index (χ0v) is 22.8. The molecule has 0 radical (unpaired) electrons. The minimum atomic E-state index is -0.0227. The van der Waals surface area contributed by atoms with Crippen molar-refractivity contribution < 1.29 is 19.0 Å². The van der Waals surface area contributed by atoms with Gasteiger partial charge in [0.25, 0.3) is 0 Å². The molecule has 0 bridgehead atoms. The minimum absolute atomic E-state index is 0.000479. The molecule has 0 spiro atoms. The summed E-state index contributed by atoms with van der Waals surface area (Å²) < 4.78 is 17.2. The van der Waals surface area contributed by atoms with Gasteiger partial charge in [0.05, 0.1) is 26.7 Å². The van der Waals surface area contributed by atoms with Crippen molar-refractivity contribution in [3.8, 4) is 11.5 Å². The predicted molar refractivity (Wildman–Crippen MR) is 145 cm³/mol. The molecule has 6 nitrogen and oxygen atoms in total. The van der Waals surface area contributed by atoms with Gasteiger partial charge in [0.2, 0.25) is 0 Å². The lowest BCUT2D eigenvalue weighted by atomic mass is 9.74. The van der Waals surface area contributed by atoms with Crippen molar-refractivity contribution in [3.63, 3.8) is 0 Å². The molecular weight excluding hydrogens is 464 g/mol. The van der Waals surface area contributed by atoms with E-state index >= 15 is 0 Å². The van der Waals surface area contributed by atoms with Crippen molar-refractivity contribution in [1.29, 1.82) is 0 Å². The molecule has 2 aromatic carbocycles. The van der Waals surface area contributed by atoms with E-state index in [0.717, 1.165) is 57.1 Å². The highest BCUT2D eigenvalue weighted by molar-refractivity contribution is 5.74. The molecule has 6 heteroatoms. The molecule has 3 aliphatic rings. The number of nitrogens with zero attached hydrogens (tertiary/aromatic N) is 2. The maximum atomic E-state index is 12.9. The number of rotatable bonds is 9. The summed E-state index contributed by atoms with van der Waals surface area (Å²) in [6.45, 7) is 9.73. The second-order valence-corrected chi connectivity index (χ2v) is 11.6. The lowest BCUT2D eigenvalue weighted by Gasteiger charge is -2.47. The Morgan fingerprint density at radius 3 is 2.43 bits per heavy atom. The van der Waals surface area contributed by atoms with Gasteiger partial charge in [-0.1, -0.05) is 44.2 Å². The Bertz CT molecular complexity index is 1070. The van der Waals surface area contributed by atoms with Crippen LogP contribution < -0.4 is 9.47 Å². The highest BCUT2D eigenvalue weighted by Gasteiger charge is 2.41. The van der Waals surface area contributed by atoms with Crippen LogP contribution in [0, 0.1) is 23.7 Å². The van der Waals surface area contributed by atoms with Crippen molar-refractivity contribution >= 4 is 5.97 Å². The van der Waals surface area contributed by atoms with E-state index in [-0.39, 0.29) is 11.9 Å². The largest absolute Gasteiger partial charge is 0.493 e. The van der Waals surface area contributed by atoms with Crippen molar-refractivity contribution in [2.45, 2.75) is 45.7 Å². The molecule has 2 fully saturated rings. The zero-order chi connectivity index (χ0) is 25.9.